The summed E-state index contributed by atoms with van der Waals surface area (Å²) in [5, 5.41) is 4.82. The Morgan fingerprint density at radius 2 is 1.81 bits per heavy atom. The molecule has 2 rings (SSSR count). The van der Waals surface area contributed by atoms with Gasteiger partial charge in [0.05, 0.1) is 12.2 Å². The smallest absolute Gasteiger partial charge is 0.258 e. The second kappa shape index (κ2) is 8.57. The van der Waals surface area contributed by atoms with Gasteiger partial charge in [-0.1, -0.05) is 11.6 Å². The number of nitrogens with one attached hydrogen (secondary N) is 2. The number of rotatable bonds is 6. The summed E-state index contributed by atoms with van der Waals surface area (Å²) in [6.07, 6.45) is 0. The minimum atomic E-state index is -1.70. The average Bonchev–Trinajstić information content (AvgIpc) is 2.59. The van der Waals surface area contributed by atoms with E-state index in [0.29, 0.717) is 16.8 Å². The molecule has 0 unspecified atom stereocenters. The highest BCUT2D eigenvalue weighted by Gasteiger charge is 2.15. The van der Waals surface area contributed by atoms with Crippen LogP contribution in [0.1, 0.15) is 5.56 Å². The van der Waals surface area contributed by atoms with E-state index in [0.717, 1.165) is 11.6 Å². The van der Waals surface area contributed by atoms with Crippen molar-refractivity contribution in [3.8, 4) is 5.75 Å². The molecular formula is C17H14ClF3N2O3. The van der Waals surface area contributed by atoms with Crippen LogP contribution in [0.2, 0.25) is 5.02 Å². The van der Waals surface area contributed by atoms with Gasteiger partial charge >= 0.3 is 0 Å². The minimum Gasteiger partial charge on any atom is -0.484 e. The second-order valence-corrected chi connectivity index (χ2v) is 5.68. The Morgan fingerprint density at radius 3 is 2.50 bits per heavy atom. The Balaban J connectivity index is 1.82. The summed E-state index contributed by atoms with van der Waals surface area (Å²) < 4.78 is 44.6. The summed E-state index contributed by atoms with van der Waals surface area (Å²) in [5.74, 6) is -5.54. The van der Waals surface area contributed by atoms with E-state index in [1.165, 1.54) is 0 Å². The first-order chi connectivity index (χ1) is 12.3. The number of carbonyl (C=O) groups is 2. The molecule has 0 spiro atoms. The number of aryl methyl sites for hydroxylation is 1. The molecule has 0 aliphatic heterocycles. The number of amides is 2. The molecule has 0 bridgehead atoms. The van der Waals surface area contributed by atoms with Crippen molar-refractivity contribution < 1.29 is 27.5 Å². The van der Waals surface area contributed by atoms with Gasteiger partial charge in [0.15, 0.2) is 24.1 Å². The maximum absolute atomic E-state index is 13.4. The van der Waals surface area contributed by atoms with E-state index < -0.39 is 41.5 Å². The van der Waals surface area contributed by atoms with Crippen molar-refractivity contribution in [3.05, 3.63) is 58.4 Å². The highest BCUT2D eigenvalue weighted by Crippen LogP contribution is 2.21. The van der Waals surface area contributed by atoms with Crippen LogP contribution in [0, 0.1) is 24.4 Å². The monoisotopic (exact) mass is 386 g/mol. The van der Waals surface area contributed by atoms with Crippen LogP contribution in [0.4, 0.5) is 18.9 Å². The van der Waals surface area contributed by atoms with Crippen molar-refractivity contribution in [2.45, 2.75) is 6.92 Å². The van der Waals surface area contributed by atoms with Gasteiger partial charge in [-0.2, -0.15) is 0 Å². The van der Waals surface area contributed by atoms with Crippen LogP contribution in [-0.4, -0.2) is 25.0 Å². The summed E-state index contributed by atoms with van der Waals surface area (Å²) >= 11 is 5.81. The van der Waals surface area contributed by atoms with Gasteiger partial charge in [0, 0.05) is 5.02 Å². The minimum absolute atomic E-state index is 0.352. The van der Waals surface area contributed by atoms with Crippen LogP contribution in [-0.2, 0) is 9.59 Å². The number of hydrogen-bond donors (Lipinski definition) is 2. The molecule has 26 heavy (non-hydrogen) atoms. The van der Waals surface area contributed by atoms with Crippen LogP contribution in [0.3, 0.4) is 0 Å². The van der Waals surface area contributed by atoms with Gasteiger partial charge in [0.2, 0.25) is 5.91 Å². The largest absolute Gasteiger partial charge is 0.484 e. The predicted octanol–water partition coefficient (Wildman–Crippen LogP) is 3.20. The molecular weight excluding hydrogens is 373 g/mol. The van der Waals surface area contributed by atoms with Crippen LogP contribution < -0.4 is 15.4 Å². The third-order valence-electron chi connectivity index (χ3n) is 3.25. The van der Waals surface area contributed by atoms with Gasteiger partial charge in [-0.05, 0) is 42.8 Å². The van der Waals surface area contributed by atoms with Crippen LogP contribution in [0.5, 0.6) is 5.75 Å². The molecule has 0 aliphatic carbocycles. The SMILES string of the molecule is Cc1cc(Cl)ccc1OCC(=O)NCC(=O)Nc1ccc(F)c(F)c1F. The van der Waals surface area contributed by atoms with Crippen molar-refractivity contribution in [3.63, 3.8) is 0 Å². The Hall–Kier alpha value is -2.74. The molecule has 0 heterocycles. The average molecular weight is 387 g/mol. The molecule has 2 N–H and O–H groups in total. The third-order valence-corrected chi connectivity index (χ3v) is 3.49. The Labute approximate surface area is 152 Å². The van der Waals surface area contributed by atoms with Gasteiger partial charge in [-0.15, -0.1) is 0 Å². The molecule has 0 aliphatic rings. The van der Waals surface area contributed by atoms with E-state index in [4.69, 9.17) is 16.3 Å². The number of halogens is 4. The van der Waals surface area contributed by atoms with Gasteiger partial charge in [-0.3, -0.25) is 9.59 Å². The summed E-state index contributed by atoms with van der Waals surface area (Å²) in [7, 11) is 0. The van der Waals surface area contributed by atoms with E-state index >= 15 is 0 Å². The molecule has 2 amide bonds. The zero-order valence-corrected chi connectivity index (χ0v) is 14.3. The first-order valence-electron chi connectivity index (χ1n) is 7.37. The van der Waals surface area contributed by atoms with Crippen LogP contribution in [0.15, 0.2) is 30.3 Å². The lowest BCUT2D eigenvalue weighted by Crippen LogP contribution is -2.36. The Kier molecular flexibility index (Phi) is 6.46. The fraction of sp³-hybridized carbons (Fsp3) is 0.176. The predicted molar refractivity (Wildman–Crippen MR) is 89.6 cm³/mol. The summed E-state index contributed by atoms with van der Waals surface area (Å²) in [6.45, 7) is 0.901. The molecule has 9 heteroatoms. The van der Waals surface area contributed by atoms with Crippen molar-refractivity contribution in [1.29, 1.82) is 0 Å². The molecule has 2 aromatic carbocycles. The molecule has 138 valence electrons. The molecule has 0 saturated heterocycles. The first-order valence-corrected chi connectivity index (χ1v) is 7.74. The third kappa shape index (κ3) is 5.13. The number of ether oxygens (including phenoxy) is 1. The summed E-state index contributed by atoms with van der Waals surface area (Å²) in [6, 6.07) is 6.42. The van der Waals surface area contributed by atoms with Gasteiger partial charge in [-0.25, -0.2) is 13.2 Å². The van der Waals surface area contributed by atoms with Gasteiger partial charge < -0.3 is 15.4 Å². The van der Waals surface area contributed by atoms with Crippen LogP contribution in [0.25, 0.3) is 0 Å². The van der Waals surface area contributed by atoms with Crippen molar-refractivity contribution in [2.75, 3.05) is 18.5 Å². The molecule has 0 atom stereocenters. The molecule has 0 fully saturated rings. The molecule has 2 aromatic rings. The Morgan fingerprint density at radius 1 is 1.08 bits per heavy atom. The van der Waals surface area contributed by atoms with E-state index in [9.17, 15) is 22.8 Å². The summed E-state index contributed by atoms with van der Waals surface area (Å²) in [5.41, 5.74) is 0.202. The Bertz CT molecular complexity index is 846. The fourth-order valence-electron chi connectivity index (χ4n) is 1.96. The normalized spacial score (nSPS) is 10.3. The number of hydrogen-bond acceptors (Lipinski definition) is 3. The van der Waals surface area contributed by atoms with Crippen LogP contribution >= 0.6 is 11.6 Å². The zero-order valence-electron chi connectivity index (χ0n) is 13.5. The van der Waals surface area contributed by atoms with E-state index in [2.05, 4.69) is 5.32 Å². The number of carbonyl (C=O) groups excluding carboxylic acids is 2. The second-order valence-electron chi connectivity index (χ2n) is 5.25. The number of anilines is 1. The zero-order chi connectivity index (χ0) is 19.3. The van der Waals surface area contributed by atoms with Crippen molar-refractivity contribution >= 4 is 29.1 Å². The molecule has 0 saturated carbocycles. The summed E-state index contributed by atoms with van der Waals surface area (Å²) in [4.78, 5) is 23.4. The topological polar surface area (TPSA) is 67.4 Å². The maximum atomic E-state index is 13.4. The quantitative estimate of drug-likeness (QED) is 0.749. The molecule has 0 radical (unpaired) electrons. The van der Waals surface area contributed by atoms with E-state index in [1.807, 2.05) is 5.32 Å². The van der Waals surface area contributed by atoms with Crippen molar-refractivity contribution in [1.82, 2.24) is 5.32 Å². The molecule has 5 nitrogen and oxygen atoms in total. The number of benzene rings is 2. The van der Waals surface area contributed by atoms with E-state index in [1.54, 1.807) is 25.1 Å². The van der Waals surface area contributed by atoms with E-state index in [-0.39, 0.29) is 6.61 Å². The lowest BCUT2D eigenvalue weighted by atomic mass is 10.2. The fourth-order valence-corrected chi connectivity index (χ4v) is 2.19. The maximum Gasteiger partial charge on any atom is 0.258 e. The van der Waals surface area contributed by atoms with Crippen molar-refractivity contribution in [2.24, 2.45) is 0 Å². The standard InChI is InChI=1S/C17H14ClF3N2O3/c1-9-6-10(18)2-5-13(9)26-8-15(25)22-7-14(24)23-12-4-3-11(19)16(20)17(12)21/h2-6H,7-8H2,1H3,(H,22,25)(H,23,24). The first kappa shape index (κ1) is 19.6. The highest BCUT2D eigenvalue weighted by molar-refractivity contribution is 6.30. The lowest BCUT2D eigenvalue weighted by Gasteiger charge is -2.10. The molecule has 0 aromatic heterocycles. The van der Waals surface area contributed by atoms with Gasteiger partial charge in [0.1, 0.15) is 5.75 Å². The lowest BCUT2D eigenvalue weighted by molar-refractivity contribution is -0.125. The highest BCUT2D eigenvalue weighted by atomic mass is 35.5. The van der Waals surface area contributed by atoms with Gasteiger partial charge in [0.25, 0.3) is 5.91 Å².